The Morgan fingerprint density at radius 1 is 0.394 bits per heavy atom. The lowest BCUT2D eigenvalue weighted by Gasteiger charge is -2.16. The fourth-order valence-electron chi connectivity index (χ4n) is 4.70. The minimum Gasteiger partial charge on any atom is -0.390 e. The van der Waals surface area contributed by atoms with E-state index in [9.17, 15) is 5.11 Å². The standard InChI is InChI=1S/C30H62O.ClH.H3N/c1-4-5-6-7-8-9-10-11-12-13-14-15-16-17-18-19-20-21-22-23-24-25-26-27-28-29-30(2,3)31;;/h31H,4-29H2,1-3H3;1H;1H3. The molecule has 0 radical (unpaired) electrons. The molecule has 0 heterocycles. The van der Waals surface area contributed by atoms with Crippen LogP contribution in [0.25, 0.3) is 0 Å². The molecule has 0 amide bonds. The van der Waals surface area contributed by atoms with Gasteiger partial charge in [-0.2, -0.15) is 0 Å². The van der Waals surface area contributed by atoms with E-state index in [2.05, 4.69) is 6.92 Å². The maximum absolute atomic E-state index is 9.70. The molecule has 2 nitrogen and oxygen atoms in total. The predicted molar refractivity (Wildman–Crippen MR) is 154 cm³/mol. The molecule has 0 atom stereocenters. The van der Waals surface area contributed by atoms with Crippen molar-refractivity contribution < 1.29 is 5.11 Å². The van der Waals surface area contributed by atoms with E-state index in [-0.39, 0.29) is 18.6 Å². The molecule has 4 N–H and O–H groups in total. The summed E-state index contributed by atoms with van der Waals surface area (Å²) in [5, 5.41) is 9.70. The van der Waals surface area contributed by atoms with Gasteiger partial charge in [0, 0.05) is 0 Å². The number of hydrogen-bond acceptors (Lipinski definition) is 2. The molecule has 204 valence electrons. The quantitative estimate of drug-likeness (QED) is 0.118. The van der Waals surface area contributed by atoms with Gasteiger partial charge < -0.3 is 11.3 Å². The molecule has 0 unspecified atom stereocenters. The first-order valence-electron chi connectivity index (χ1n) is 14.8. The van der Waals surface area contributed by atoms with E-state index < -0.39 is 5.60 Å². The maximum Gasteiger partial charge on any atom is 0.0591 e. The minimum absolute atomic E-state index is 0. The van der Waals surface area contributed by atoms with Crippen molar-refractivity contribution in [2.24, 2.45) is 0 Å². The minimum atomic E-state index is -0.466. The lowest BCUT2D eigenvalue weighted by atomic mass is 9.99. The Labute approximate surface area is 216 Å². The van der Waals surface area contributed by atoms with Crippen molar-refractivity contribution in [3.05, 3.63) is 0 Å². The highest BCUT2D eigenvalue weighted by atomic mass is 35.5. The lowest BCUT2D eigenvalue weighted by Crippen LogP contribution is -2.17. The highest BCUT2D eigenvalue weighted by Crippen LogP contribution is 2.17. The van der Waals surface area contributed by atoms with E-state index >= 15 is 0 Å². The number of unbranched alkanes of at least 4 members (excludes halogenated alkanes) is 24. The van der Waals surface area contributed by atoms with Crippen molar-refractivity contribution in [3.8, 4) is 0 Å². The van der Waals surface area contributed by atoms with Gasteiger partial charge in [-0.25, -0.2) is 0 Å². The van der Waals surface area contributed by atoms with Crippen molar-refractivity contribution in [2.45, 2.75) is 193 Å². The van der Waals surface area contributed by atoms with Gasteiger partial charge in [-0.15, -0.1) is 12.4 Å². The monoisotopic (exact) mass is 491 g/mol. The van der Waals surface area contributed by atoms with Gasteiger partial charge >= 0.3 is 0 Å². The van der Waals surface area contributed by atoms with E-state index in [4.69, 9.17) is 0 Å². The first-order chi connectivity index (χ1) is 15.1. The van der Waals surface area contributed by atoms with Crippen molar-refractivity contribution in [1.29, 1.82) is 0 Å². The molecule has 0 saturated heterocycles. The second kappa shape index (κ2) is 30.2. The molecular weight excluding hydrogens is 426 g/mol. The summed E-state index contributed by atoms with van der Waals surface area (Å²) in [6.45, 7) is 6.15. The van der Waals surface area contributed by atoms with Gasteiger partial charge in [-0.05, 0) is 20.3 Å². The SMILES string of the molecule is CCCCCCCCCCCCCCCCCCCCCCCCCCCC(C)(C)O.Cl.N. The Bertz CT molecular complexity index is 330. The van der Waals surface area contributed by atoms with Crippen molar-refractivity contribution in [1.82, 2.24) is 6.15 Å². The van der Waals surface area contributed by atoms with Gasteiger partial charge in [0.25, 0.3) is 0 Å². The first kappa shape index (κ1) is 37.8. The zero-order valence-corrected chi connectivity index (χ0v) is 24.3. The molecular formula is C30H66ClNO. The Morgan fingerprint density at radius 2 is 0.576 bits per heavy atom. The summed E-state index contributed by atoms with van der Waals surface area (Å²) in [4.78, 5) is 0. The molecule has 0 aromatic carbocycles. The summed E-state index contributed by atoms with van der Waals surface area (Å²) >= 11 is 0. The third-order valence-corrected chi connectivity index (χ3v) is 6.89. The molecule has 0 fully saturated rings. The van der Waals surface area contributed by atoms with Crippen LogP contribution in [-0.4, -0.2) is 10.7 Å². The smallest absolute Gasteiger partial charge is 0.0591 e. The van der Waals surface area contributed by atoms with Gasteiger partial charge in [0.2, 0.25) is 0 Å². The van der Waals surface area contributed by atoms with Crippen LogP contribution >= 0.6 is 12.4 Å². The average Bonchev–Trinajstić information content (AvgIpc) is 2.73. The molecule has 0 spiro atoms. The number of halogens is 1. The van der Waals surface area contributed by atoms with Crippen LogP contribution in [0, 0.1) is 0 Å². The molecule has 0 aliphatic carbocycles. The summed E-state index contributed by atoms with van der Waals surface area (Å²) in [5.74, 6) is 0. The summed E-state index contributed by atoms with van der Waals surface area (Å²) in [7, 11) is 0. The van der Waals surface area contributed by atoms with Crippen LogP contribution in [0.1, 0.15) is 188 Å². The topological polar surface area (TPSA) is 55.2 Å². The van der Waals surface area contributed by atoms with Crippen molar-refractivity contribution >= 4 is 12.4 Å². The maximum atomic E-state index is 9.70. The largest absolute Gasteiger partial charge is 0.390 e. The molecule has 0 aliphatic rings. The van der Waals surface area contributed by atoms with Gasteiger partial charge in [-0.1, -0.05) is 167 Å². The number of rotatable bonds is 26. The van der Waals surface area contributed by atoms with Crippen LogP contribution in [0.15, 0.2) is 0 Å². The summed E-state index contributed by atoms with van der Waals surface area (Å²) in [6.07, 6.45) is 36.9. The second-order valence-electron chi connectivity index (χ2n) is 11.0. The molecule has 0 aromatic heterocycles. The third kappa shape index (κ3) is 36.9. The van der Waals surface area contributed by atoms with Gasteiger partial charge in [0.1, 0.15) is 0 Å². The zero-order chi connectivity index (χ0) is 22.9. The Morgan fingerprint density at radius 3 is 0.758 bits per heavy atom. The van der Waals surface area contributed by atoms with Crippen molar-refractivity contribution in [2.75, 3.05) is 0 Å². The third-order valence-electron chi connectivity index (χ3n) is 6.89. The van der Waals surface area contributed by atoms with Crippen LogP contribution in [0.4, 0.5) is 0 Å². The molecule has 0 aliphatic heterocycles. The molecule has 33 heavy (non-hydrogen) atoms. The second-order valence-corrected chi connectivity index (χ2v) is 11.0. The summed E-state index contributed by atoms with van der Waals surface area (Å²) in [6, 6.07) is 0. The fourth-order valence-corrected chi connectivity index (χ4v) is 4.70. The molecule has 0 aromatic rings. The van der Waals surface area contributed by atoms with Crippen LogP contribution in [0.5, 0.6) is 0 Å². The van der Waals surface area contributed by atoms with Crippen molar-refractivity contribution in [3.63, 3.8) is 0 Å². The van der Waals surface area contributed by atoms with Crippen LogP contribution in [0.2, 0.25) is 0 Å². The molecule has 3 heteroatoms. The van der Waals surface area contributed by atoms with Crippen LogP contribution < -0.4 is 6.15 Å². The highest BCUT2D eigenvalue weighted by Gasteiger charge is 2.10. The average molecular weight is 492 g/mol. The fraction of sp³-hybridized carbons (Fsp3) is 1.00. The van der Waals surface area contributed by atoms with E-state index in [1.54, 1.807) is 0 Å². The van der Waals surface area contributed by atoms with Gasteiger partial charge in [-0.3, -0.25) is 0 Å². The lowest BCUT2D eigenvalue weighted by molar-refractivity contribution is 0.0680. The first-order valence-corrected chi connectivity index (χ1v) is 14.8. The Hall–Kier alpha value is 0.210. The summed E-state index contributed by atoms with van der Waals surface area (Å²) in [5.41, 5.74) is -0.466. The number of hydrogen-bond donors (Lipinski definition) is 2. The van der Waals surface area contributed by atoms with Crippen LogP contribution in [-0.2, 0) is 0 Å². The van der Waals surface area contributed by atoms with Gasteiger partial charge in [0.15, 0.2) is 0 Å². The van der Waals surface area contributed by atoms with Crippen LogP contribution in [0.3, 0.4) is 0 Å². The summed E-state index contributed by atoms with van der Waals surface area (Å²) < 4.78 is 0. The Kier molecular flexibility index (Phi) is 34.6. The normalized spacial score (nSPS) is 11.3. The molecule has 0 saturated carbocycles. The molecule has 0 rings (SSSR count). The zero-order valence-electron chi connectivity index (χ0n) is 23.4. The Balaban J connectivity index is -0.00000450. The van der Waals surface area contributed by atoms with E-state index in [1.807, 2.05) is 13.8 Å². The predicted octanol–water partition coefficient (Wildman–Crippen LogP) is 11.5. The van der Waals surface area contributed by atoms with E-state index in [0.717, 1.165) is 6.42 Å². The van der Waals surface area contributed by atoms with Gasteiger partial charge in [0.05, 0.1) is 5.60 Å². The molecule has 0 bridgehead atoms. The number of aliphatic hydroxyl groups is 1. The highest BCUT2D eigenvalue weighted by molar-refractivity contribution is 5.85. The van der Waals surface area contributed by atoms with E-state index in [1.165, 1.54) is 161 Å². The van der Waals surface area contributed by atoms with E-state index in [0.29, 0.717) is 0 Å².